The minimum absolute atomic E-state index is 0.635. The van der Waals surface area contributed by atoms with Crippen molar-refractivity contribution in [3.05, 3.63) is 47.8 Å². The Bertz CT molecular complexity index is 501. The van der Waals surface area contributed by atoms with Gasteiger partial charge >= 0.3 is 0 Å². The molecule has 1 aromatic heterocycles. The molecule has 0 spiro atoms. The first-order valence-electron chi connectivity index (χ1n) is 6.19. The van der Waals surface area contributed by atoms with Gasteiger partial charge in [-0.3, -0.25) is 0 Å². The minimum atomic E-state index is 0.635. The van der Waals surface area contributed by atoms with Gasteiger partial charge in [-0.15, -0.1) is 0 Å². The third kappa shape index (κ3) is 1.87. The van der Waals surface area contributed by atoms with Gasteiger partial charge in [-0.1, -0.05) is 18.2 Å². The van der Waals surface area contributed by atoms with Crippen molar-refractivity contribution in [1.29, 1.82) is 0 Å². The number of benzene rings is 1. The summed E-state index contributed by atoms with van der Waals surface area (Å²) < 4.78 is 2.07. The van der Waals surface area contributed by atoms with Crippen molar-refractivity contribution in [1.82, 2.24) is 9.78 Å². The lowest BCUT2D eigenvalue weighted by atomic mass is 9.88. The van der Waals surface area contributed by atoms with Gasteiger partial charge in [0.1, 0.15) is 0 Å². The zero-order valence-electron chi connectivity index (χ0n) is 9.84. The highest BCUT2D eigenvalue weighted by Gasteiger charge is 2.21. The molecular formula is C14H17N3. The number of hydrogen-bond donors (Lipinski definition) is 1. The van der Waals surface area contributed by atoms with E-state index in [2.05, 4.69) is 34.0 Å². The summed E-state index contributed by atoms with van der Waals surface area (Å²) in [5.41, 5.74) is 9.64. The van der Waals surface area contributed by atoms with Crippen LogP contribution in [0, 0.1) is 5.92 Å². The van der Waals surface area contributed by atoms with Crippen molar-refractivity contribution in [3.8, 4) is 5.69 Å². The third-order valence-electron chi connectivity index (χ3n) is 3.59. The standard InChI is InChI=1S/C14H17N3/c15-9-11-6-7-14-12(8-11)10-16-17(14)13-4-2-1-3-5-13/h1-5,10-11H,6-9,15H2. The number of nitrogens with zero attached hydrogens (tertiary/aromatic N) is 2. The van der Waals surface area contributed by atoms with Gasteiger partial charge in [-0.05, 0) is 49.4 Å². The maximum Gasteiger partial charge on any atom is 0.0648 e. The Morgan fingerprint density at radius 3 is 2.88 bits per heavy atom. The summed E-state index contributed by atoms with van der Waals surface area (Å²) in [7, 11) is 0. The molecule has 1 unspecified atom stereocenters. The summed E-state index contributed by atoms with van der Waals surface area (Å²) in [6.07, 6.45) is 5.36. The molecule has 3 nitrogen and oxygen atoms in total. The molecule has 0 fully saturated rings. The van der Waals surface area contributed by atoms with Gasteiger partial charge in [0.25, 0.3) is 0 Å². The molecule has 17 heavy (non-hydrogen) atoms. The first kappa shape index (κ1) is 10.5. The molecule has 0 aliphatic heterocycles. The molecule has 3 heteroatoms. The Hall–Kier alpha value is -1.61. The molecular weight excluding hydrogens is 210 g/mol. The lowest BCUT2D eigenvalue weighted by Gasteiger charge is -2.21. The maximum atomic E-state index is 5.75. The summed E-state index contributed by atoms with van der Waals surface area (Å²) in [4.78, 5) is 0. The average Bonchev–Trinajstić information content (AvgIpc) is 2.82. The van der Waals surface area contributed by atoms with Crippen molar-refractivity contribution in [2.24, 2.45) is 11.7 Å². The highest BCUT2D eigenvalue weighted by Crippen LogP contribution is 2.26. The number of aromatic nitrogens is 2. The summed E-state index contributed by atoms with van der Waals surface area (Å²) in [6, 6.07) is 10.3. The molecule has 1 aromatic carbocycles. The van der Waals surface area contributed by atoms with E-state index in [0.29, 0.717) is 5.92 Å². The smallest absolute Gasteiger partial charge is 0.0648 e. The molecule has 1 heterocycles. The van der Waals surface area contributed by atoms with Gasteiger partial charge in [-0.2, -0.15) is 5.10 Å². The topological polar surface area (TPSA) is 43.8 Å². The van der Waals surface area contributed by atoms with Crippen LogP contribution in [0.1, 0.15) is 17.7 Å². The highest BCUT2D eigenvalue weighted by molar-refractivity contribution is 5.36. The number of nitrogens with two attached hydrogens (primary N) is 1. The van der Waals surface area contributed by atoms with E-state index >= 15 is 0 Å². The van der Waals surface area contributed by atoms with Crippen LogP contribution in [0.4, 0.5) is 0 Å². The molecule has 0 radical (unpaired) electrons. The van der Waals surface area contributed by atoms with Gasteiger partial charge in [-0.25, -0.2) is 4.68 Å². The second-order valence-electron chi connectivity index (χ2n) is 4.71. The lowest BCUT2D eigenvalue weighted by molar-refractivity contribution is 0.462. The van der Waals surface area contributed by atoms with E-state index in [-0.39, 0.29) is 0 Å². The number of hydrogen-bond acceptors (Lipinski definition) is 2. The van der Waals surface area contributed by atoms with Crippen molar-refractivity contribution >= 4 is 0 Å². The van der Waals surface area contributed by atoms with Gasteiger partial charge in [0.05, 0.1) is 11.9 Å². The van der Waals surface area contributed by atoms with E-state index in [1.807, 2.05) is 12.3 Å². The van der Waals surface area contributed by atoms with Gasteiger partial charge in [0.15, 0.2) is 0 Å². The van der Waals surface area contributed by atoms with Crippen molar-refractivity contribution in [3.63, 3.8) is 0 Å². The number of fused-ring (bicyclic) bond motifs is 1. The van der Waals surface area contributed by atoms with Crippen LogP contribution in [0.25, 0.3) is 5.69 Å². The molecule has 0 saturated carbocycles. The molecule has 1 aliphatic carbocycles. The van der Waals surface area contributed by atoms with Crippen molar-refractivity contribution in [2.45, 2.75) is 19.3 Å². The first-order chi connectivity index (χ1) is 8.38. The fourth-order valence-corrected chi connectivity index (χ4v) is 2.59. The predicted octanol–water partition coefficient (Wildman–Crippen LogP) is 1.94. The zero-order chi connectivity index (χ0) is 11.7. The van der Waals surface area contributed by atoms with Gasteiger partial charge < -0.3 is 5.73 Å². The minimum Gasteiger partial charge on any atom is -0.330 e. The number of para-hydroxylation sites is 1. The van der Waals surface area contributed by atoms with E-state index in [1.54, 1.807) is 0 Å². The van der Waals surface area contributed by atoms with E-state index in [4.69, 9.17) is 5.73 Å². The van der Waals surface area contributed by atoms with Gasteiger partial charge in [0, 0.05) is 5.69 Å². The van der Waals surface area contributed by atoms with Crippen LogP contribution in [-0.2, 0) is 12.8 Å². The molecule has 0 amide bonds. The molecule has 2 aromatic rings. The zero-order valence-corrected chi connectivity index (χ0v) is 9.84. The second kappa shape index (κ2) is 4.34. The summed E-state index contributed by atoms with van der Waals surface area (Å²) in [6.45, 7) is 0.788. The normalized spacial score (nSPS) is 19.0. The van der Waals surface area contributed by atoms with E-state index in [1.165, 1.54) is 17.7 Å². The number of rotatable bonds is 2. The Balaban J connectivity index is 1.97. The molecule has 1 atom stereocenters. The molecule has 2 N–H and O–H groups in total. The molecule has 0 saturated heterocycles. The average molecular weight is 227 g/mol. The molecule has 0 bridgehead atoms. The van der Waals surface area contributed by atoms with Crippen LogP contribution < -0.4 is 5.73 Å². The first-order valence-corrected chi connectivity index (χ1v) is 6.19. The quantitative estimate of drug-likeness (QED) is 0.852. The predicted molar refractivity (Wildman–Crippen MR) is 68.1 cm³/mol. The SMILES string of the molecule is NCC1CCc2c(cnn2-c2ccccc2)C1. The van der Waals surface area contributed by atoms with Crippen LogP contribution in [0.5, 0.6) is 0 Å². The van der Waals surface area contributed by atoms with Crippen molar-refractivity contribution < 1.29 is 0 Å². The maximum absolute atomic E-state index is 5.75. The molecule has 1 aliphatic rings. The summed E-state index contributed by atoms with van der Waals surface area (Å²) in [5.74, 6) is 0.635. The van der Waals surface area contributed by atoms with Crippen molar-refractivity contribution in [2.75, 3.05) is 6.54 Å². The third-order valence-corrected chi connectivity index (χ3v) is 3.59. The Morgan fingerprint density at radius 1 is 1.29 bits per heavy atom. The van der Waals surface area contributed by atoms with Crippen LogP contribution in [0.2, 0.25) is 0 Å². The Kier molecular flexibility index (Phi) is 2.69. The Labute approximate surface area is 101 Å². The molecule has 3 rings (SSSR count). The monoisotopic (exact) mass is 227 g/mol. The summed E-state index contributed by atoms with van der Waals surface area (Å²) in [5, 5.41) is 4.51. The second-order valence-corrected chi connectivity index (χ2v) is 4.71. The fourth-order valence-electron chi connectivity index (χ4n) is 2.59. The van der Waals surface area contributed by atoms with Crippen LogP contribution in [0.3, 0.4) is 0 Å². The van der Waals surface area contributed by atoms with Crippen LogP contribution in [-0.4, -0.2) is 16.3 Å². The fraction of sp³-hybridized carbons (Fsp3) is 0.357. The van der Waals surface area contributed by atoms with Crippen LogP contribution >= 0.6 is 0 Å². The van der Waals surface area contributed by atoms with E-state index < -0.39 is 0 Å². The molecule has 88 valence electrons. The van der Waals surface area contributed by atoms with Crippen LogP contribution in [0.15, 0.2) is 36.5 Å². The van der Waals surface area contributed by atoms with E-state index in [9.17, 15) is 0 Å². The largest absolute Gasteiger partial charge is 0.330 e. The van der Waals surface area contributed by atoms with E-state index in [0.717, 1.165) is 25.1 Å². The van der Waals surface area contributed by atoms with Gasteiger partial charge in [0.2, 0.25) is 0 Å². The highest BCUT2D eigenvalue weighted by atomic mass is 15.3. The Morgan fingerprint density at radius 2 is 2.12 bits per heavy atom. The lowest BCUT2D eigenvalue weighted by Crippen LogP contribution is -2.22. The summed E-state index contributed by atoms with van der Waals surface area (Å²) >= 11 is 0.